The highest BCUT2D eigenvalue weighted by Crippen LogP contribution is 2.05. The summed E-state index contributed by atoms with van der Waals surface area (Å²) in [6.07, 6.45) is 0.319. The van der Waals surface area contributed by atoms with E-state index in [4.69, 9.17) is 0 Å². The zero-order valence-corrected chi connectivity index (χ0v) is 7.92. The molecule has 0 amide bonds. The van der Waals surface area contributed by atoms with Gasteiger partial charge in [-0.3, -0.25) is 4.79 Å². The third kappa shape index (κ3) is 2.76. The Morgan fingerprint density at radius 3 is 2.46 bits per heavy atom. The van der Waals surface area contributed by atoms with Crippen LogP contribution in [0.25, 0.3) is 0 Å². The van der Waals surface area contributed by atoms with Gasteiger partial charge in [-0.2, -0.15) is 0 Å². The molecule has 1 aromatic carbocycles. The number of carbonyl (C=O) groups excluding carboxylic acids is 1. The van der Waals surface area contributed by atoms with Crippen LogP contribution in [-0.2, 0) is 0 Å². The van der Waals surface area contributed by atoms with Crippen molar-refractivity contribution < 1.29 is 4.79 Å². The third-order valence-corrected chi connectivity index (χ3v) is 1.80. The zero-order chi connectivity index (χ0) is 9.68. The van der Waals surface area contributed by atoms with Crippen molar-refractivity contribution in [2.45, 2.75) is 20.3 Å². The van der Waals surface area contributed by atoms with Crippen LogP contribution >= 0.6 is 0 Å². The molecule has 13 heavy (non-hydrogen) atoms. The Balaban J connectivity index is 2.76. The lowest BCUT2D eigenvalue weighted by Crippen LogP contribution is -1.96. The monoisotopic (exact) mass is 172 g/mol. The third-order valence-electron chi connectivity index (χ3n) is 1.80. The first-order valence-corrected chi connectivity index (χ1v) is 4.23. The molecule has 1 nitrogen and oxygen atoms in total. The minimum absolute atomic E-state index is 0.0920. The van der Waals surface area contributed by atoms with Gasteiger partial charge in [0.25, 0.3) is 0 Å². The van der Waals surface area contributed by atoms with E-state index in [1.807, 2.05) is 31.2 Å². The summed E-state index contributed by atoms with van der Waals surface area (Å²) in [5, 5.41) is 0. The van der Waals surface area contributed by atoms with Crippen LogP contribution in [0, 0.1) is 18.8 Å². The van der Waals surface area contributed by atoms with Gasteiger partial charge in [-0.15, -0.1) is 5.92 Å². The fourth-order valence-electron chi connectivity index (χ4n) is 1.01. The van der Waals surface area contributed by atoms with Crippen molar-refractivity contribution in [3.63, 3.8) is 0 Å². The van der Waals surface area contributed by atoms with E-state index < -0.39 is 0 Å². The van der Waals surface area contributed by atoms with Gasteiger partial charge < -0.3 is 0 Å². The first kappa shape index (κ1) is 9.54. The lowest BCUT2D eigenvalue weighted by Gasteiger charge is -1.96. The second-order valence-corrected chi connectivity index (χ2v) is 2.89. The molecule has 0 fully saturated rings. The maximum Gasteiger partial charge on any atom is 0.174 e. The van der Waals surface area contributed by atoms with Gasteiger partial charge in [-0.25, -0.2) is 0 Å². The van der Waals surface area contributed by atoms with Gasteiger partial charge in [0.2, 0.25) is 0 Å². The van der Waals surface area contributed by atoms with Gasteiger partial charge >= 0.3 is 0 Å². The Morgan fingerprint density at radius 2 is 1.92 bits per heavy atom. The number of Topliss-reactive ketones (excluding diaryl/α,β-unsaturated/α-hetero) is 1. The highest BCUT2D eigenvalue weighted by atomic mass is 16.1. The Morgan fingerprint density at radius 1 is 1.31 bits per heavy atom. The van der Waals surface area contributed by atoms with Crippen molar-refractivity contribution in [1.29, 1.82) is 0 Å². The van der Waals surface area contributed by atoms with E-state index >= 15 is 0 Å². The number of ketones is 1. The molecule has 0 heterocycles. The van der Waals surface area contributed by atoms with Crippen LogP contribution in [0.1, 0.15) is 29.3 Å². The predicted octanol–water partition coefficient (Wildman–Crippen LogP) is 2.59. The number of rotatable bonds is 2. The molecule has 1 aromatic rings. The molecule has 0 atom stereocenters. The minimum Gasteiger partial charge on any atom is -0.293 e. The average Bonchev–Trinajstić information content (AvgIpc) is 2.15. The summed E-state index contributed by atoms with van der Waals surface area (Å²) in [7, 11) is 0. The summed E-state index contributed by atoms with van der Waals surface area (Å²) in [5.41, 5.74) is 1.91. The highest BCUT2D eigenvalue weighted by molar-refractivity contribution is 5.97. The number of hydrogen-bond acceptors (Lipinski definition) is 1. The fourth-order valence-corrected chi connectivity index (χ4v) is 1.01. The topological polar surface area (TPSA) is 17.1 Å². The molecule has 0 aromatic heterocycles. The van der Waals surface area contributed by atoms with E-state index in [0.717, 1.165) is 11.1 Å². The van der Waals surface area contributed by atoms with Crippen molar-refractivity contribution in [2.24, 2.45) is 0 Å². The molecule has 0 radical (unpaired) electrons. The molecule has 0 aliphatic rings. The summed E-state index contributed by atoms with van der Waals surface area (Å²) < 4.78 is 0. The normalized spacial score (nSPS) is 8.77. The zero-order valence-electron chi connectivity index (χ0n) is 7.92. The van der Waals surface area contributed by atoms with Crippen LogP contribution in [0.2, 0.25) is 0 Å². The largest absolute Gasteiger partial charge is 0.293 e. The van der Waals surface area contributed by atoms with Crippen LogP contribution in [0.5, 0.6) is 0 Å². The standard InChI is InChI=1S/C12H12O/c1-3-4-5-12(13)11-8-6-10(2)7-9-11/h6-9H,5H2,1-2H3. The van der Waals surface area contributed by atoms with E-state index in [1.54, 1.807) is 6.92 Å². The second kappa shape index (κ2) is 4.47. The van der Waals surface area contributed by atoms with E-state index in [-0.39, 0.29) is 5.78 Å². The summed E-state index contributed by atoms with van der Waals surface area (Å²) >= 11 is 0. The van der Waals surface area contributed by atoms with Gasteiger partial charge in [0, 0.05) is 5.56 Å². The fraction of sp³-hybridized carbons (Fsp3) is 0.250. The van der Waals surface area contributed by atoms with Crippen molar-refractivity contribution in [2.75, 3.05) is 0 Å². The van der Waals surface area contributed by atoms with Gasteiger partial charge in [-0.1, -0.05) is 35.7 Å². The van der Waals surface area contributed by atoms with E-state index in [2.05, 4.69) is 11.8 Å². The minimum atomic E-state index is 0.0920. The van der Waals surface area contributed by atoms with Gasteiger partial charge in [0.05, 0.1) is 6.42 Å². The molecule has 1 rings (SSSR count). The maximum atomic E-state index is 11.4. The number of carbonyl (C=O) groups is 1. The van der Waals surface area contributed by atoms with Crippen molar-refractivity contribution >= 4 is 5.78 Å². The van der Waals surface area contributed by atoms with Gasteiger partial charge in [0.15, 0.2) is 5.78 Å². The van der Waals surface area contributed by atoms with Crippen LogP contribution in [0.3, 0.4) is 0 Å². The summed E-state index contributed by atoms with van der Waals surface area (Å²) in [6, 6.07) is 7.56. The van der Waals surface area contributed by atoms with Crippen LogP contribution in [0.4, 0.5) is 0 Å². The van der Waals surface area contributed by atoms with Crippen LogP contribution in [0.15, 0.2) is 24.3 Å². The summed E-state index contributed by atoms with van der Waals surface area (Å²) in [6.45, 7) is 3.74. The Hall–Kier alpha value is -1.55. The first-order valence-electron chi connectivity index (χ1n) is 4.23. The van der Waals surface area contributed by atoms with Gasteiger partial charge in [0.1, 0.15) is 0 Å². The molecule has 0 aliphatic heterocycles. The average molecular weight is 172 g/mol. The van der Waals surface area contributed by atoms with Crippen molar-refractivity contribution in [1.82, 2.24) is 0 Å². The second-order valence-electron chi connectivity index (χ2n) is 2.89. The molecule has 0 spiro atoms. The van der Waals surface area contributed by atoms with Crippen LogP contribution in [-0.4, -0.2) is 5.78 Å². The van der Waals surface area contributed by atoms with Gasteiger partial charge in [-0.05, 0) is 13.8 Å². The lowest BCUT2D eigenvalue weighted by molar-refractivity contribution is 0.0998. The SMILES string of the molecule is CC#CCC(=O)c1ccc(C)cc1. The van der Waals surface area contributed by atoms with E-state index in [0.29, 0.717) is 6.42 Å². The number of hydrogen-bond donors (Lipinski definition) is 0. The molecule has 1 heteroatoms. The van der Waals surface area contributed by atoms with Crippen LogP contribution < -0.4 is 0 Å². The molecule has 0 bridgehead atoms. The molecule has 0 saturated heterocycles. The first-order chi connectivity index (χ1) is 6.24. The van der Waals surface area contributed by atoms with E-state index in [9.17, 15) is 4.79 Å². The Labute approximate surface area is 78.8 Å². The number of benzene rings is 1. The molecular formula is C12H12O. The Bertz CT molecular complexity index is 349. The predicted molar refractivity (Wildman–Crippen MR) is 53.6 cm³/mol. The lowest BCUT2D eigenvalue weighted by atomic mass is 10.1. The maximum absolute atomic E-state index is 11.4. The van der Waals surface area contributed by atoms with E-state index in [1.165, 1.54) is 0 Å². The Kier molecular flexibility index (Phi) is 3.28. The van der Waals surface area contributed by atoms with Crippen molar-refractivity contribution in [3.8, 4) is 11.8 Å². The highest BCUT2D eigenvalue weighted by Gasteiger charge is 2.01. The quantitative estimate of drug-likeness (QED) is 0.495. The molecule has 0 N–H and O–H groups in total. The smallest absolute Gasteiger partial charge is 0.174 e. The number of aryl methyl sites for hydroxylation is 1. The molecular weight excluding hydrogens is 160 g/mol. The molecule has 0 saturated carbocycles. The summed E-state index contributed by atoms with van der Waals surface area (Å²) in [4.78, 5) is 11.4. The molecule has 66 valence electrons. The summed E-state index contributed by atoms with van der Waals surface area (Å²) in [5.74, 6) is 5.56. The van der Waals surface area contributed by atoms with Crippen molar-refractivity contribution in [3.05, 3.63) is 35.4 Å². The molecule has 0 unspecified atom stereocenters. The molecule has 0 aliphatic carbocycles.